The SMILES string of the molecule is NC[C@]1(N)C[C@H](C(=O)N2CCc3ccccc3[C@@H]2c2ccc(F)cc2)C1. The van der Waals surface area contributed by atoms with E-state index >= 15 is 0 Å². The summed E-state index contributed by atoms with van der Waals surface area (Å²) in [4.78, 5) is 15.1. The van der Waals surface area contributed by atoms with Gasteiger partial charge in [-0.1, -0.05) is 36.4 Å². The summed E-state index contributed by atoms with van der Waals surface area (Å²) >= 11 is 0. The molecule has 1 saturated carbocycles. The maximum atomic E-state index is 13.4. The highest BCUT2D eigenvalue weighted by atomic mass is 19.1. The molecule has 2 aliphatic rings. The number of rotatable bonds is 3. The van der Waals surface area contributed by atoms with Crippen molar-refractivity contribution in [1.29, 1.82) is 0 Å². The Morgan fingerprint density at radius 2 is 1.85 bits per heavy atom. The minimum Gasteiger partial charge on any atom is -0.331 e. The van der Waals surface area contributed by atoms with Crippen molar-refractivity contribution >= 4 is 5.91 Å². The maximum Gasteiger partial charge on any atom is 0.226 e. The van der Waals surface area contributed by atoms with Crippen molar-refractivity contribution in [3.8, 4) is 0 Å². The van der Waals surface area contributed by atoms with Crippen LogP contribution in [0.3, 0.4) is 0 Å². The molecule has 26 heavy (non-hydrogen) atoms. The Balaban J connectivity index is 1.67. The highest BCUT2D eigenvalue weighted by molar-refractivity contribution is 5.81. The van der Waals surface area contributed by atoms with Crippen molar-refractivity contribution in [2.24, 2.45) is 17.4 Å². The number of halogens is 1. The number of fused-ring (bicyclic) bond motifs is 1. The van der Waals surface area contributed by atoms with Crippen LogP contribution in [0.2, 0.25) is 0 Å². The lowest BCUT2D eigenvalue weighted by molar-refractivity contribution is -0.142. The van der Waals surface area contributed by atoms with E-state index in [-0.39, 0.29) is 23.7 Å². The molecular weight excluding hydrogens is 329 g/mol. The molecule has 0 bridgehead atoms. The number of hydrogen-bond acceptors (Lipinski definition) is 3. The molecule has 4 nitrogen and oxygen atoms in total. The Morgan fingerprint density at radius 3 is 2.54 bits per heavy atom. The van der Waals surface area contributed by atoms with Crippen LogP contribution in [-0.4, -0.2) is 29.4 Å². The quantitative estimate of drug-likeness (QED) is 0.890. The Hall–Kier alpha value is -2.24. The van der Waals surface area contributed by atoms with Gasteiger partial charge < -0.3 is 16.4 Å². The zero-order valence-corrected chi connectivity index (χ0v) is 14.7. The summed E-state index contributed by atoms with van der Waals surface area (Å²) in [6.45, 7) is 1.07. The van der Waals surface area contributed by atoms with E-state index in [4.69, 9.17) is 11.5 Å². The first-order valence-corrected chi connectivity index (χ1v) is 9.13. The highest BCUT2D eigenvalue weighted by Crippen LogP contribution is 2.41. The third-order valence-corrected chi connectivity index (χ3v) is 5.81. The molecule has 4 N–H and O–H groups in total. The molecule has 1 fully saturated rings. The molecule has 2 aromatic rings. The second-order valence-corrected chi connectivity index (χ2v) is 7.61. The molecule has 1 aliphatic carbocycles. The fourth-order valence-corrected chi connectivity index (χ4v) is 4.31. The van der Waals surface area contributed by atoms with Crippen LogP contribution in [0.15, 0.2) is 48.5 Å². The van der Waals surface area contributed by atoms with Crippen molar-refractivity contribution in [1.82, 2.24) is 4.90 Å². The van der Waals surface area contributed by atoms with Crippen molar-refractivity contribution in [2.75, 3.05) is 13.1 Å². The van der Waals surface area contributed by atoms with Crippen molar-refractivity contribution in [3.63, 3.8) is 0 Å². The summed E-state index contributed by atoms with van der Waals surface area (Å²) < 4.78 is 13.4. The topological polar surface area (TPSA) is 72.3 Å². The number of carbonyl (C=O) groups is 1. The Bertz CT molecular complexity index is 814. The zero-order chi connectivity index (χ0) is 18.3. The summed E-state index contributed by atoms with van der Waals surface area (Å²) in [6, 6.07) is 14.5. The average molecular weight is 353 g/mol. The first-order chi connectivity index (χ1) is 12.5. The molecule has 1 aliphatic heterocycles. The number of hydrogen-bond donors (Lipinski definition) is 2. The van der Waals surface area contributed by atoms with Crippen LogP contribution in [0.4, 0.5) is 4.39 Å². The van der Waals surface area contributed by atoms with Gasteiger partial charge in [0.2, 0.25) is 5.91 Å². The van der Waals surface area contributed by atoms with E-state index in [2.05, 4.69) is 12.1 Å². The minimum atomic E-state index is -0.403. The van der Waals surface area contributed by atoms with Gasteiger partial charge in [-0.2, -0.15) is 0 Å². The zero-order valence-electron chi connectivity index (χ0n) is 14.7. The van der Waals surface area contributed by atoms with E-state index in [1.807, 2.05) is 17.0 Å². The van der Waals surface area contributed by atoms with Crippen LogP contribution in [0.25, 0.3) is 0 Å². The summed E-state index contributed by atoms with van der Waals surface area (Å²) in [5.41, 5.74) is 14.8. The van der Waals surface area contributed by atoms with E-state index in [0.717, 1.165) is 17.5 Å². The van der Waals surface area contributed by atoms with Crippen LogP contribution in [0.5, 0.6) is 0 Å². The van der Waals surface area contributed by atoms with E-state index in [0.29, 0.717) is 25.9 Å². The van der Waals surface area contributed by atoms with Gasteiger partial charge in [0.15, 0.2) is 0 Å². The molecular formula is C21H24FN3O. The molecule has 0 spiro atoms. The summed E-state index contributed by atoms with van der Waals surface area (Å²) in [7, 11) is 0. The number of carbonyl (C=O) groups excluding carboxylic acids is 1. The average Bonchev–Trinajstić information content (AvgIpc) is 2.65. The third kappa shape index (κ3) is 2.91. The van der Waals surface area contributed by atoms with Crippen molar-refractivity contribution < 1.29 is 9.18 Å². The molecule has 0 unspecified atom stereocenters. The summed E-state index contributed by atoms with van der Waals surface area (Å²) in [6.07, 6.45) is 2.10. The van der Waals surface area contributed by atoms with Crippen molar-refractivity contribution in [3.05, 3.63) is 71.0 Å². The molecule has 2 aromatic carbocycles. The second kappa shape index (κ2) is 6.49. The van der Waals surface area contributed by atoms with Gasteiger partial charge in [0, 0.05) is 24.5 Å². The third-order valence-electron chi connectivity index (χ3n) is 5.81. The molecule has 136 valence electrons. The van der Waals surface area contributed by atoms with Gasteiger partial charge in [0.25, 0.3) is 0 Å². The van der Waals surface area contributed by atoms with Gasteiger partial charge in [0.05, 0.1) is 6.04 Å². The van der Waals surface area contributed by atoms with Gasteiger partial charge in [-0.25, -0.2) is 4.39 Å². The molecule has 0 aromatic heterocycles. The van der Waals surface area contributed by atoms with E-state index in [1.54, 1.807) is 12.1 Å². The Labute approximate surface area is 153 Å². The van der Waals surface area contributed by atoms with E-state index < -0.39 is 5.54 Å². The monoisotopic (exact) mass is 353 g/mol. The number of benzene rings is 2. The normalized spacial score (nSPS) is 27.6. The van der Waals surface area contributed by atoms with Crippen molar-refractivity contribution in [2.45, 2.75) is 30.8 Å². The first-order valence-electron chi connectivity index (χ1n) is 9.13. The molecule has 1 heterocycles. The second-order valence-electron chi connectivity index (χ2n) is 7.61. The standard InChI is InChI=1S/C21H24FN3O/c22-17-7-5-15(6-8-17)19-18-4-2-1-3-14(18)9-10-25(19)20(26)16-11-21(24,12-16)13-23/h1-8,16,19H,9-13,23-24H2/t16-,19-,21-/m0/s1. The number of amides is 1. The van der Waals surface area contributed by atoms with Crippen LogP contribution >= 0.6 is 0 Å². The first kappa shape index (κ1) is 17.2. The van der Waals surface area contributed by atoms with Gasteiger partial charge in [0.1, 0.15) is 5.82 Å². The lowest BCUT2D eigenvalue weighted by Gasteiger charge is -2.47. The van der Waals surface area contributed by atoms with Gasteiger partial charge in [-0.05, 0) is 48.1 Å². The van der Waals surface area contributed by atoms with Crippen LogP contribution in [-0.2, 0) is 11.2 Å². The van der Waals surface area contributed by atoms with Gasteiger partial charge in [-0.15, -0.1) is 0 Å². The Morgan fingerprint density at radius 1 is 1.15 bits per heavy atom. The van der Waals surface area contributed by atoms with Crippen LogP contribution in [0, 0.1) is 11.7 Å². The van der Waals surface area contributed by atoms with E-state index in [1.165, 1.54) is 17.7 Å². The molecule has 1 atom stereocenters. The van der Waals surface area contributed by atoms with Gasteiger partial charge >= 0.3 is 0 Å². The molecule has 1 amide bonds. The fraction of sp³-hybridized carbons (Fsp3) is 0.381. The molecule has 0 radical (unpaired) electrons. The Kier molecular flexibility index (Phi) is 4.29. The number of nitrogens with zero attached hydrogens (tertiary/aromatic N) is 1. The summed E-state index contributed by atoms with van der Waals surface area (Å²) in [5.74, 6) is -0.217. The molecule has 5 heteroatoms. The maximum absolute atomic E-state index is 13.4. The van der Waals surface area contributed by atoms with Crippen LogP contribution in [0.1, 0.15) is 35.6 Å². The molecule has 4 rings (SSSR count). The van der Waals surface area contributed by atoms with Crippen LogP contribution < -0.4 is 11.5 Å². The van der Waals surface area contributed by atoms with E-state index in [9.17, 15) is 9.18 Å². The predicted octanol–water partition coefficient (Wildman–Crippen LogP) is 2.37. The highest BCUT2D eigenvalue weighted by Gasteiger charge is 2.46. The largest absolute Gasteiger partial charge is 0.331 e. The fourth-order valence-electron chi connectivity index (χ4n) is 4.31. The predicted molar refractivity (Wildman–Crippen MR) is 98.8 cm³/mol. The van der Waals surface area contributed by atoms with Gasteiger partial charge in [-0.3, -0.25) is 4.79 Å². The molecule has 0 saturated heterocycles. The lowest BCUT2D eigenvalue weighted by atomic mass is 9.68. The smallest absolute Gasteiger partial charge is 0.226 e. The number of nitrogens with two attached hydrogens (primary N) is 2. The lowest BCUT2D eigenvalue weighted by Crippen LogP contribution is -2.61. The minimum absolute atomic E-state index is 0.0724. The summed E-state index contributed by atoms with van der Waals surface area (Å²) in [5, 5.41) is 0.